The molecule has 3 aliphatic rings. The predicted octanol–water partition coefficient (Wildman–Crippen LogP) is 1.79. The van der Waals surface area contributed by atoms with Gasteiger partial charge in [0.1, 0.15) is 6.04 Å². The molecule has 0 aliphatic carbocycles. The fraction of sp³-hybridized carbons (Fsp3) is 0.609. The normalized spacial score (nSPS) is 27.3. The topological polar surface area (TPSA) is 95.7 Å². The molecule has 3 aliphatic heterocycles. The molecule has 7 heteroatoms. The summed E-state index contributed by atoms with van der Waals surface area (Å²) in [5, 5.41) is 2.37. The van der Waals surface area contributed by atoms with Crippen LogP contribution in [0.25, 0.3) is 0 Å². The molecule has 7 nitrogen and oxygen atoms in total. The number of nitrogens with two attached hydrogens (primary N) is 1. The maximum absolute atomic E-state index is 13.3. The Balaban J connectivity index is 1.54. The number of hydrogen-bond donors (Lipinski definition) is 2. The van der Waals surface area contributed by atoms with E-state index in [-0.39, 0.29) is 24.1 Å². The summed E-state index contributed by atoms with van der Waals surface area (Å²) in [6.07, 6.45) is 5.18. The first-order valence-corrected chi connectivity index (χ1v) is 11.2. The van der Waals surface area contributed by atoms with Crippen LogP contribution >= 0.6 is 0 Å². The van der Waals surface area contributed by atoms with Crippen molar-refractivity contribution in [1.29, 1.82) is 0 Å². The van der Waals surface area contributed by atoms with Gasteiger partial charge in [0.25, 0.3) is 5.91 Å². The zero-order valence-electron chi connectivity index (χ0n) is 17.7. The molecule has 3 N–H and O–H groups in total. The number of benzene rings is 1. The summed E-state index contributed by atoms with van der Waals surface area (Å²) in [5.41, 5.74) is 8.53. The van der Waals surface area contributed by atoms with Crippen LogP contribution in [0, 0.1) is 5.92 Å². The van der Waals surface area contributed by atoms with Crippen molar-refractivity contribution in [3.8, 4) is 0 Å². The van der Waals surface area contributed by atoms with Gasteiger partial charge < -0.3 is 10.6 Å². The molecular weight excluding hydrogens is 380 g/mol. The smallest absolute Gasteiger partial charge is 0.255 e. The summed E-state index contributed by atoms with van der Waals surface area (Å²) in [4.78, 5) is 41.3. The summed E-state index contributed by atoms with van der Waals surface area (Å²) in [6, 6.07) is 5.96. The number of carbonyl (C=O) groups excluding carboxylic acids is 3. The molecule has 0 radical (unpaired) electrons. The van der Waals surface area contributed by atoms with Crippen LogP contribution in [0.1, 0.15) is 66.9 Å². The van der Waals surface area contributed by atoms with E-state index in [0.29, 0.717) is 31.5 Å². The quantitative estimate of drug-likeness (QED) is 0.695. The van der Waals surface area contributed by atoms with E-state index in [9.17, 15) is 14.4 Å². The highest BCUT2D eigenvalue weighted by Gasteiger charge is 2.40. The molecular formula is C23H32N4O3. The molecule has 0 aromatic heterocycles. The van der Waals surface area contributed by atoms with E-state index in [0.717, 1.165) is 42.6 Å². The molecule has 4 rings (SSSR count). The summed E-state index contributed by atoms with van der Waals surface area (Å²) < 4.78 is 0. The van der Waals surface area contributed by atoms with Gasteiger partial charge in [-0.2, -0.15) is 0 Å². The van der Waals surface area contributed by atoms with Crippen LogP contribution in [0.3, 0.4) is 0 Å². The summed E-state index contributed by atoms with van der Waals surface area (Å²) in [5.74, 6) is -0.0825. The lowest BCUT2D eigenvalue weighted by atomic mass is 9.87. The van der Waals surface area contributed by atoms with Crippen molar-refractivity contribution in [2.75, 3.05) is 13.1 Å². The maximum atomic E-state index is 13.3. The fourth-order valence-corrected chi connectivity index (χ4v) is 5.37. The standard InChI is InChI=1S/C23H32N4O3/c1-15-5-4-12-26(18(15)8-3-11-24)13-16-6-2-7-17-14-27(23(30)21(16)17)19-9-10-20(28)25-22(19)29/h2,6-7,15,18-19H,3-5,8-14,24H2,1H3,(H,25,28,29). The molecule has 2 fully saturated rings. The Hall–Kier alpha value is -2.25. The summed E-state index contributed by atoms with van der Waals surface area (Å²) >= 11 is 0. The van der Waals surface area contributed by atoms with Gasteiger partial charge in [-0.05, 0) is 62.2 Å². The van der Waals surface area contributed by atoms with E-state index in [2.05, 4.69) is 17.1 Å². The highest BCUT2D eigenvalue weighted by molar-refractivity contribution is 6.05. The van der Waals surface area contributed by atoms with Gasteiger partial charge in [-0.15, -0.1) is 0 Å². The number of nitrogens with zero attached hydrogens (tertiary/aromatic N) is 2. The number of fused-ring (bicyclic) bond motifs is 1. The number of rotatable bonds is 6. The van der Waals surface area contributed by atoms with Gasteiger partial charge in [-0.3, -0.25) is 24.6 Å². The SMILES string of the molecule is CC1CCCN(Cc2cccc3c2C(=O)N(C2CCC(=O)NC2=O)C3)C1CCCN. The molecule has 1 aromatic carbocycles. The lowest BCUT2D eigenvalue weighted by Gasteiger charge is -2.40. The molecule has 0 saturated carbocycles. The van der Waals surface area contributed by atoms with Crippen molar-refractivity contribution in [2.24, 2.45) is 11.7 Å². The van der Waals surface area contributed by atoms with Crippen LogP contribution in [0.2, 0.25) is 0 Å². The van der Waals surface area contributed by atoms with E-state index >= 15 is 0 Å². The van der Waals surface area contributed by atoms with E-state index in [1.807, 2.05) is 18.2 Å². The van der Waals surface area contributed by atoms with E-state index in [4.69, 9.17) is 5.73 Å². The molecule has 3 amide bonds. The van der Waals surface area contributed by atoms with Gasteiger partial charge in [0.2, 0.25) is 11.8 Å². The fourth-order valence-electron chi connectivity index (χ4n) is 5.37. The van der Waals surface area contributed by atoms with Gasteiger partial charge >= 0.3 is 0 Å². The van der Waals surface area contributed by atoms with Crippen molar-refractivity contribution >= 4 is 17.7 Å². The van der Waals surface area contributed by atoms with Crippen molar-refractivity contribution in [3.63, 3.8) is 0 Å². The van der Waals surface area contributed by atoms with Crippen molar-refractivity contribution in [3.05, 3.63) is 34.9 Å². The van der Waals surface area contributed by atoms with Gasteiger partial charge in [0.05, 0.1) is 0 Å². The molecule has 3 unspecified atom stereocenters. The lowest BCUT2D eigenvalue weighted by Crippen LogP contribution is -2.52. The monoisotopic (exact) mass is 412 g/mol. The van der Waals surface area contributed by atoms with Gasteiger partial charge in [-0.1, -0.05) is 25.1 Å². The van der Waals surface area contributed by atoms with Crippen molar-refractivity contribution in [2.45, 2.75) is 70.6 Å². The molecule has 0 spiro atoms. The molecule has 2 saturated heterocycles. The van der Waals surface area contributed by atoms with Crippen LogP contribution < -0.4 is 11.1 Å². The molecule has 1 aromatic rings. The lowest BCUT2D eigenvalue weighted by molar-refractivity contribution is -0.136. The van der Waals surface area contributed by atoms with E-state index in [1.54, 1.807) is 4.90 Å². The number of carbonyl (C=O) groups is 3. The van der Waals surface area contributed by atoms with Crippen molar-refractivity contribution in [1.82, 2.24) is 15.1 Å². The van der Waals surface area contributed by atoms with Crippen molar-refractivity contribution < 1.29 is 14.4 Å². The molecule has 162 valence electrons. The molecule has 0 bridgehead atoms. The third-order valence-corrected chi connectivity index (χ3v) is 6.95. The third kappa shape index (κ3) is 4.01. The molecule has 30 heavy (non-hydrogen) atoms. The zero-order valence-corrected chi connectivity index (χ0v) is 17.7. The minimum absolute atomic E-state index is 0.0846. The van der Waals surface area contributed by atoms with E-state index < -0.39 is 6.04 Å². The average molecular weight is 413 g/mol. The Morgan fingerprint density at radius 3 is 2.80 bits per heavy atom. The number of nitrogens with one attached hydrogen (secondary N) is 1. The van der Waals surface area contributed by atoms with Gasteiger partial charge in [-0.25, -0.2) is 0 Å². The number of likely N-dealkylation sites (tertiary alicyclic amines) is 1. The first-order valence-electron chi connectivity index (χ1n) is 11.2. The largest absolute Gasteiger partial charge is 0.330 e. The Morgan fingerprint density at radius 1 is 1.20 bits per heavy atom. The second kappa shape index (κ2) is 8.86. The Bertz CT molecular complexity index is 840. The number of imide groups is 1. The highest BCUT2D eigenvalue weighted by atomic mass is 16.2. The molecule has 3 heterocycles. The Labute approximate surface area is 178 Å². The summed E-state index contributed by atoms with van der Waals surface area (Å²) in [7, 11) is 0. The summed E-state index contributed by atoms with van der Waals surface area (Å²) in [6.45, 7) is 5.24. The van der Waals surface area contributed by atoms with E-state index in [1.165, 1.54) is 12.8 Å². The van der Waals surface area contributed by atoms with Crippen LogP contribution in [-0.2, 0) is 22.7 Å². The number of hydrogen-bond acceptors (Lipinski definition) is 5. The van der Waals surface area contributed by atoms with Crippen LogP contribution in [0.4, 0.5) is 0 Å². The van der Waals surface area contributed by atoms with Crippen LogP contribution in [0.15, 0.2) is 18.2 Å². The number of amides is 3. The van der Waals surface area contributed by atoms with Crippen LogP contribution in [0.5, 0.6) is 0 Å². The Morgan fingerprint density at radius 2 is 2.03 bits per heavy atom. The first kappa shape index (κ1) is 21.0. The highest BCUT2D eigenvalue weighted by Crippen LogP contribution is 2.33. The second-order valence-electron chi connectivity index (χ2n) is 8.94. The number of piperidine rings is 2. The third-order valence-electron chi connectivity index (χ3n) is 6.95. The van der Waals surface area contributed by atoms with Crippen LogP contribution in [-0.4, -0.2) is 52.7 Å². The zero-order chi connectivity index (χ0) is 21.3. The molecule has 3 atom stereocenters. The minimum atomic E-state index is -0.567. The predicted molar refractivity (Wildman–Crippen MR) is 113 cm³/mol. The average Bonchev–Trinajstić information content (AvgIpc) is 3.05. The maximum Gasteiger partial charge on any atom is 0.255 e. The second-order valence-corrected chi connectivity index (χ2v) is 8.94. The van der Waals surface area contributed by atoms with Gasteiger partial charge in [0, 0.05) is 31.1 Å². The van der Waals surface area contributed by atoms with Gasteiger partial charge in [0.15, 0.2) is 0 Å². The Kier molecular flexibility index (Phi) is 6.20. The minimum Gasteiger partial charge on any atom is -0.330 e. The first-order chi connectivity index (χ1) is 14.5.